The minimum atomic E-state index is 0.0240. The van der Waals surface area contributed by atoms with Gasteiger partial charge in [0.15, 0.2) is 0 Å². The lowest BCUT2D eigenvalue weighted by Crippen LogP contribution is -2.44. The Hall–Kier alpha value is -2.83. The van der Waals surface area contributed by atoms with Crippen LogP contribution in [-0.2, 0) is 11.2 Å². The summed E-state index contributed by atoms with van der Waals surface area (Å²) in [6, 6.07) is 3.85. The first-order chi connectivity index (χ1) is 13.9. The van der Waals surface area contributed by atoms with E-state index in [0.29, 0.717) is 18.0 Å². The lowest BCUT2D eigenvalue weighted by atomic mass is 9.95. The fourth-order valence-corrected chi connectivity index (χ4v) is 4.06. The molecule has 1 saturated heterocycles. The fraction of sp³-hybridized carbons (Fsp3) is 0.500. The van der Waals surface area contributed by atoms with E-state index in [1.807, 2.05) is 39.8 Å². The van der Waals surface area contributed by atoms with Gasteiger partial charge in [-0.25, -0.2) is 4.98 Å². The molecule has 4 heterocycles. The van der Waals surface area contributed by atoms with Crippen molar-refractivity contribution in [2.24, 2.45) is 5.92 Å². The monoisotopic (exact) mass is 396 g/mol. The van der Waals surface area contributed by atoms with Gasteiger partial charge in [-0.15, -0.1) is 0 Å². The summed E-state index contributed by atoms with van der Waals surface area (Å²) in [6.45, 7) is 9.48. The predicted octanol–water partition coefficient (Wildman–Crippen LogP) is 3.70. The van der Waals surface area contributed by atoms with Crippen LogP contribution in [0.2, 0.25) is 0 Å². The number of aromatic nitrogens is 2. The lowest BCUT2D eigenvalue weighted by molar-refractivity contribution is -0.126. The van der Waals surface area contributed by atoms with Crippen LogP contribution in [0.25, 0.3) is 11.1 Å². The Morgan fingerprint density at radius 3 is 2.72 bits per heavy atom. The van der Waals surface area contributed by atoms with Gasteiger partial charge < -0.3 is 19.1 Å². The number of carbonyl (C=O) groups excluding carboxylic acids is 1. The summed E-state index contributed by atoms with van der Waals surface area (Å²) in [5, 5.41) is 4.12. The molecule has 0 saturated carbocycles. The molecule has 3 aromatic rings. The third-order valence-electron chi connectivity index (χ3n) is 5.76. The molecule has 29 heavy (non-hydrogen) atoms. The van der Waals surface area contributed by atoms with Crippen LogP contribution in [0.1, 0.15) is 42.7 Å². The second-order valence-electron chi connectivity index (χ2n) is 8.01. The van der Waals surface area contributed by atoms with Crippen molar-refractivity contribution >= 4 is 22.8 Å². The van der Waals surface area contributed by atoms with Gasteiger partial charge in [0.1, 0.15) is 23.2 Å². The number of furan rings is 2. The number of nitrogens with one attached hydrogen (secondary N) is 1. The summed E-state index contributed by atoms with van der Waals surface area (Å²) < 4.78 is 11.2. The first-order valence-electron chi connectivity index (χ1n) is 10.2. The molecule has 7 heteroatoms. The van der Waals surface area contributed by atoms with Crippen molar-refractivity contribution in [3.05, 3.63) is 41.3 Å². The molecule has 1 N–H and O–H groups in total. The maximum atomic E-state index is 12.7. The number of anilines is 1. The van der Waals surface area contributed by atoms with Crippen molar-refractivity contribution in [1.29, 1.82) is 0 Å². The van der Waals surface area contributed by atoms with E-state index in [0.717, 1.165) is 54.2 Å². The van der Waals surface area contributed by atoms with Crippen LogP contribution in [0, 0.1) is 26.7 Å². The van der Waals surface area contributed by atoms with Crippen LogP contribution >= 0.6 is 0 Å². The molecule has 1 fully saturated rings. The summed E-state index contributed by atoms with van der Waals surface area (Å²) in [5.41, 5.74) is 1.73. The number of nitrogens with zero attached hydrogens (tertiary/aromatic N) is 3. The van der Waals surface area contributed by atoms with Crippen molar-refractivity contribution in [2.75, 3.05) is 18.0 Å². The number of hydrogen-bond donors (Lipinski definition) is 1. The fourth-order valence-electron chi connectivity index (χ4n) is 4.06. The zero-order valence-corrected chi connectivity index (χ0v) is 17.5. The summed E-state index contributed by atoms with van der Waals surface area (Å²) >= 11 is 0. The first-order valence-corrected chi connectivity index (χ1v) is 10.2. The van der Waals surface area contributed by atoms with E-state index < -0.39 is 0 Å². The van der Waals surface area contributed by atoms with Gasteiger partial charge in [0, 0.05) is 37.0 Å². The molecule has 0 unspecified atom stereocenters. The Bertz CT molecular complexity index is 1000. The highest BCUT2D eigenvalue weighted by Gasteiger charge is 2.28. The Labute approximate surface area is 170 Å². The number of amides is 1. The molecule has 1 atom stereocenters. The molecule has 0 spiro atoms. The quantitative estimate of drug-likeness (QED) is 0.708. The van der Waals surface area contributed by atoms with Gasteiger partial charge in [0.2, 0.25) is 11.6 Å². The second-order valence-corrected chi connectivity index (χ2v) is 8.01. The Kier molecular flexibility index (Phi) is 5.30. The van der Waals surface area contributed by atoms with Crippen LogP contribution in [0.4, 0.5) is 5.82 Å². The average molecular weight is 396 g/mol. The number of carbonyl (C=O) groups is 1. The molecular weight excluding hydrogens is 368 g/mol. The second kappa shape index (κ2) is 7.89. The normalized spacial score (nSPS) is 16.3. The average Bonchev–Trinajstić information content (AvgIpc) is 3.29. The van der Waals surface area contributed by atoms with Crippen molar-refractivity contribution in [1.82, 2.24) is 15.3 Å². The lowest BCUT2D eigenvalue weighted by Gasteiger charge is -2.33. The van der Waals surface area contributed by atoms with Crippen molar-refractivity contribution < 1.29 is 13.6 Å². The first kappa shape index (κ1) is 19.5. The molecule has 1 aliphatic rings. The number of fused-ring (bicyclic) bond motifs is 1. The van der Waals surface area contributed by atoms with Crippen LogP contribution < -0.4 is 10.2 Å². The Balaban J connectivity index is 1.41. The molecule has 7 nitrogen and oxygen atoms in total. The van der Waals surface area contributed by atoms with Gasteiger partial charge in [0.25, 0.3) is 0 Å². The molecule has 0 aromatic carbocycles. The highest BCUT2D eigenvalue weighted by Crippen LogP contribution is 2.33. The topological polar surface area (TPSA) is 84.4 Å². The largest absolute Gasteiger partial charge is 0.469 e. The van der Waals surface area contributed by atoms with Crippen LogP contribution in [0.15, 0.2) is 27.2 Å². The SMILES string of the molecule is Cc1nc(N2CCC(C(=O)N[C@H](C)Cc3ccco3)CC2)c2c(C)c(C)oc2n1. The van der Waals surface area contributed by atoms with Crippen molar-refractivity contribution in [3.63, 3.8) is 0 Å². The summed E-state index contributed by atoms with van der Waals surface area (Å²) in [7, 11) is 0. The smallest absolute Gasteiger partial charge is 0.231 e. The van der Waals surface area contributed by atoms with Gasteiger partial charge in [-0.2, -0.15) is 4.98 Å². The van der Waals surface area contributed by atoms with Crippen LogP contribution in [0.3, 0.4) is 0 Å². The predicted molar refractivity (Wildman–Crippen MR) is 111 cm³/mol. The van der Waals surface area contributed by atoms with Crippen LogP contribution in [0.5, 0.6) is 0 Å². The van der Waals surface area contributed by atoms with E-state index in [1.165, 1.54) is 0 Å². The van der Waals surface area contributed by atoms with Crippen molar-refractivity contribution in [3.8, 4) is 0 Å². The van der Waals surface area contributed by atoms with E-state index in [1.54, 1.807) is 6.26 Å². The van der Waals surface area contributed by atoms with Gasteiger partial charge >= 0.3 is 0 Å². The van der Waals surface area contributed by atoms with Crippen LogP contribution in [-0.4, -0.2) is 35.0 Å². The standard InChI is InChI=1S/C22H28N4O3/c1-13(12-18-6-5-11-28-18)23-21(27)17-7-9-26(10-8-17)20-19-14(2)15(3)29-22(19)25-16(4)24-20/h5-6,11,13,17H,7-10,12H2,1-4H3,(H,23,27)/t13-/m1/s1. The highest BCUT2D eigenvalue weighted by molar-refractivity contribution is 5.90. The summed E-state index contributed by atoms with van der Waals surface area (Å²) in [5.74, 6) is 3.54. The minimum absolute atomic E-state index is 0.0240. The maximum absolute atomic E-state index is 12.7. The van der Waals surface area contributed by atoms with Gasteiger partial charge in [-0.1, -0.05) is 0 Å². The minimum Gasteiger partial charge on any atom is -0.469 e. The molecule has 0 aliphatic carbocycles. The molecule has 154 valence electrons. The van der Waals surface area contributed by atoms with Gasteiger partial charge in [-0.3, -0.25) is 4.79 Å². The van der Waals surface area contributed by atoms with Crippen molar-refractivity contribution in [2.45, 2.75) is 53.0 Å². The molecule has 0 bridgehead atoms. The highest BCUT2D eigenvalue weighted by atomic mass is 16.3. The maximum Gasteiger partial charge on any atom is 0.231 e. The molecule has 1 aliphatic heterocycles. The number of rotatable bonds is 5. The Morgan fingerprint density at radius 1 is 1.28 bits per heavy atom. The number of aryl methyl sites for hydroxylation is 3. The van der Waals surface area contributed by atoms with E-state index in [2.05, 4.69) is 15.2 Å². The third-order valence-corrected chi connectivity index (χ3v) is 5.76. The van der Waals surface area contributed by atoms with Gasteiger partial charge in [-0.05, 0) is 52.7 Å². The molecular formula is C22H28N4O3. The molecule has 0 radical (unpaired) electrons. The van der Waals surface area contributed by atoms with E-state index in [9.17, 15) is 4.79 Å². The number of piperidine rings is 1. The van der Waals surface area contributed by atoms with E-state index in [4.69, 9.17) is 13.8 Å². The molecule has 1 amide bonds. The van der Waals surface area contributed by atoms with E-state index in [-0.39, 0.29) is 17.9 Å². The summed E-state index contributed by atoms with van der Waals surface area (Å²) in [6.07, 6.45) is 3.98. The molecule has 3 aromatic heterocycles. The van der Waals surface area contributed by atoms with Gasteiger partial charge in [0.05, 0.1) is 11.6 Å². The number of hydrogen-bond acceptors (Lipinski definition) is 6. The molecule has 4 rings (SSSR count). The zero-order chi connectivity index (χ0) is 20.5. The Morgan fingerprint density at radius 2 is 2.03 bits per heavy atom. The third kappa shape index (κ3) is 3.99. The zero-order valence-electron chi connectivity index (χ0n) is 17.5. The van der Waals surface area contributed by atoms with E-state index >= 15 is 0 Å². The summed E-state index contributed by atoms with van der Waals surface area (Å²) in [4.78, 5) is 24.1.